The number of guanidine groups is 1. The van der Waals surface area contributed by atoms with Gasteiger partial charge in [0, 0.05) is 20.1 Å². The minimum Gasteiger partial charge on any atom is -0.356 e. The number of hydrogen-bond acceptors (Lipinski definition) is 2. The van der Waals surface area contributed by atoms with Gasteiger partial charge in [0.25, 0.3) is 0 Å². The van der Waals surface area contributed by atoms with Crippen LogP contribution in [0.3, 0.4) is 0 Å². The van der Waals surface area contributed by atoms with E-state index in [2.05, 4.69) is 53.0 Å². The predicted molar refractivity (Wildman–Crippen MR) is 108 cm³/mol. The summed E-state index contributed by atoms with van der Waals surface area (Å²) in [6.45, 7) is 7.97. The molecule has 0 bridgehead atoms. The lowest BCUT2D eigenvalue weighted by Crippen LogP contribution is -2.43. The molecule has 0 atom stereocenters. The first-order valence-corrected chi connectivity index (χ1v) is 7.83. The van der Waals surface area contributed by atoms with Crippen molar-refractivity contribution in [3.05, 3.63) is 34.9 Å². The van der Waals surface area contributed by atoms with Crippen molar-refractivity contribution in [2.24, 2.45) is 4.99 Å². The summed E-state index contributed by atoms with van der Waals surface area (Å²) in [6, 6.07) is 6.57. The fourth-order valence-electron chi connectivity index (χ4n) is 2.25. The summed E-state index contributed by atoms with van der Waals surface area (Å²) in [5, 5.41) is 9.06. The third-order valence-corrected chi connectivity index (χ3v) is 3.20. The Labute approximate surface area is 156 Å². The molecule has 0 saturated carbocycles. The Balaban J connectivity index is 0.00000484. The highest BCUT2D eigenvalue weighted by atomic mass is 127. The monoisotopic (exact) mass is 432 g/mol. The van der Waals surface area contributed by atoms with Gasteiger partial charge in [-0.15, -0.1) is 24.0 Å². The van der Waals surface area contributed by atoms with E-state index in [1.165, 1.54) is 16.7 Å². The summed E-state index contributed by atoms with van der Waals surface area (Å²) in [5.74, 6) is 0.634. The number of nitrogens with zero attached hydrogens (tertiary/aromatic N) is 1. The van der Waals surface area contributed by atoms with Crippen LogP contribution in [0.4, 0.5) is 0 Å². The minimum atomic E-state index is -0.0147. The average Bonchev–Trinajstić information content (AvgIpc) is 2.47. The normalized spacial score (nSPS) is 10.7. The SMILES string of the molecule is CCCNC(=O)CNC(=NC)NCCc1cc(C)cc(C)c1.I. The maximum Gasteiger partial charge on any atom is 0.239 e. The molecule has 0 radical (unpaired) electrons. The molecule has 1 aromatic carbocycles. The number of carbonyl (C=O) groups is 1. The Morgan fingerprint density at radius 2 is 1.70 bits per heavy atom. The maximum atomic E-state index is 11.5. The van der Waals surface area contributed by atoms with E-state index in [-0.39, 0.29) is 36.4 Å². The van der Waals surface area contributed by atoms with Gasteiger partial charge < -0.3 is 16.0 Å². The van der Waals surface area contributed by atoms with E-state index in [0.29, 0.717) is 12.5 Å². The summed E-state index contributed by atoms with van der Waals surface area (Å²) >= 11 is 0. The number of aliphatic imine (C=N–C) groups is 1. The first-order valence-electron chi connectivity index (χ1n) is 7.83. The maximum absolute atomic E-state index is 11.5. The molecule has 23 heavy (non-hydrogen) atoms. The molecule has 1 aromatic rings. The van der Waals surface area contributed by atoms with Gasteiger partial charge in [0.15, 0.2) is 5.96 Å². The van der Waals surface area contributed by atoms with Crippen molar-refractivity contribution in [3.8, 4) is 0 Å². The summed E-state index contributed by atoms with van der Waals surface area (Å²) in [7, 11) is 1.70. The standard InChI is InChI=1S/C17H28N4O.HI/c1-5-7-19-16(22)12-21-17(18-4)20-8-6-15-10-13(2)9-14(3)11-15;/h9-11H,5-8,12H2,1-4H3,(H,19,22)(H2,18,20,21);1H. The highest BCUT2D eigenvalue weighted by Gasteiger charge is 2.03. The third-order valence-electron chi connectivity index (χ3n) is 3.20. The quantitative estimate of drug-likeness (QED) is 0.352. The van der Waals surface area contributed by atoms with Gasteiger partial charge in [-0.25, -0.2) is 0 Å². The topological polar surface area (TPSA) is 65.5 Å². The van der Waals surface area contributed by atoms with Crippen molar-refractivity contribution in [1.82, 2.24) is 16.0 Å². The molecule has 1 rings (SSSR count). The highest BCUT2D eigenvalue weighted by molar-refractivity contribution is 14.0. The van der Waals surface area contributed by atoms with Crippen molar-refractivity contribution >= 4 is 35.8 Å². The number of halogens is 1. The van der Waals surface area contributed by atoms with Crippen LogP contribution in [0.15, 0.2) is 23.2 Å². The number of rotatable bonds is 7. The van der Waals surface area contributed by atoms with Crippen molar-refractivity contribution in [2.75, 3.05) is 26.7 Å². The number of amides is 1. The van der Waals surface area contributed by atoms with Gasteiger partial charge in [-0.3, -0.25) is 9.79 Å². The molecule has 0 aliphatic heterocycles. The number of nitrogens with one attached hydrogen (secondary N) is 3. The van der Waals surface area contributed by atoms with Crippen LogP contribution in [0.5, 0.6) is 0 Å². The van der Waals surface area contributed by atoms with Crippen LogP contribution in [0, 0.1) is 13.8 Å². The Bertz CT molecular complexity index is 497. The molecule has 3 N–H and O–H groups in total. The number of hydrogen-bond donors (Lipinski definition) is 3. The average molecular weight is 432 g/mol. The Kier molecular flexibility index (Phi) is 11.5. The second-order valence-corrected chi connectivity index (χ2v) is 5.45. The molecule has 0 heterocycles. The zero-order valence-electron chi connectivity index (χ0n) is 14.5. The third kappa shape index (κ3) is 9.43. The van der Waals surface area contributed by atoms with E-state index in [9.17, 15) is 4.79 Å². The number of benzene rings is 1. The molecular formula is C17H29IN4O. The number of carbonyl (C=O) groups excluding carboxylic acids is 1. The zero-order chi connectivity index (χ0) is 16.4. The van der Waals surface area contributed by atoms with E-state index >= 15 is 0 Å². The molecule has 1 amide bonds. The molecule has 130 valence electrons. The predicted octanol–water partition coefficient (Wildman–Crippen LogP) is 2.16. The van der Waals surface area contributed by atoms with Crippen molar-refractivity contribution in [2.45, 2.75) is 33.6 Å². The molecule has 0 aliphatic carbocycles. The van der Waals surface area contributed by atoms with Crippen LogP contribution in [-0.4, -0.2) is 38.5 Å². The first-order chi connectivity index (χ1) is 10.5. The molecule has 0 unspecified atom stereocenters. The van der Waals surface area contributed by atoms with Gasteiger partial charge >= 0.3 is 0 Å². The van der Waals surface area contributed by atoms with Crippen LogP contribution in [0.2, 0.25) is 0 Å². The van der Waals surface area contributed by atoms with E-state index in [1.54, 1.807) is 7.05 Å². The van der Waals surface area contributed by atoms with E-state index < -0.39 is 0 Å². The minimum absolute atomic E-state index is 0. The van der Waals surface area contributed by atoms with Gasteiger partial charge in [0.1, 0.15) is 0 Å². The van der Waals surface area contributed by atoms with E-state index in [4.69, 9.17) is 0 Å². The molecule has 0 aliphatic rings. The van der Waals surface area contributed by atoms with Gasteiger partial charge in [-0.2, -0.15) is 0 Å². The second-order valence-electron chi connectivity index (χ2n) is 5.45. The molecule has 6 heteroatoms. The van der Waals surface area contributed by atoms with Crippen LogP contribution >= 0.6 is 24.0 Å². The Morgan fingerprint density at radius 1 is 1.04 bits per heavy atom. The fourth-order valence-corrected chi connectivity index (χ4v) is 2.25. The van der Waals surface area contributed by atoms with Crippen molar-refractivity contribution < 1.29 is 4.79 Å². The van der Waals surface area contributed by atoms with Crippen LogP contribution in [0.1, 0.15) is 30.0 Å². The zero-order valence-corrected chi connectivity index (χ0v) is 16.9. The lowest BCUT2D eigenvalue weighted by molar-refractivity contribution is -0.120. The highest BCUT2D eigenvalue weighted by Crippen LogP contribution is 2.08. The Morgan fingerprint density at radius 3 is 2.26 bits per heavy atom. The van der Waals surface area contributed by atoms with Crippen LogP contribution < -0.4 is 16.0 Å². The van der Waals surface area contributed by atoms with Crippen LogP contribution in [-0.2, 0) is 11.2 Å². The molecule has 5 nitrogen and oxygen atoms in total. The van der Waals surface area contributed by atoms with Gasteiger partial charge in [-0.05, 0) is 32.3 Å². The molecular weight excluding hydrogens is 403 g/mol. The lowest BCUT2D eigenvalue weighted by atomic mass is 10.1. The summed E-state index contributed by atoms with van der Waals surface area (Å²) < 4.78 is 0. The summed E-state index contributed by atoms with van der Waals surface area (Å²) in [6.07, 6.45) is 1.86. The van der Waals surface area contributed by atoms with Gasteiger partial charge in [0.2, 0.25) is 5.91 Å². The van der Waals surface area contributed by atoms with Gasteiger partial charge in [-0.1, -0.05) is 36.2 Å². The van der Waals surface area contributed by atoms with Crippen molar-refractivity contribution in [1.29, 1.82) is 0 Å². The van der Waals surface area contributed by atoms with Crippen LogP contribution in [0.25, 0.3) is 0 Å². The molecule has 0 saturated heterocycles. The largest absolute Gasteiger partial charge is 0.356 e. The first kappa shape index (κ1) is 21.7. The Hall–Kier alpha value is -1.31. The van der Waals surface area contributed by atoms with E-state index in [1.807, 2.05) is 6.92 Å². The lowest BCUT2D eigenvalue weighted by Gasteiger charge is -2.12. The molecule has 0 spiro atoms. The molecule has 0 aromatic heterocycles. The van der Waals surface area contributed by atoms with Crippen molar-refractivity contribution in [3.63, 3.8) is 0 Å². The summed E-state index contributed by atoms with van der Waals surface area (Å²) in [4.78, 5) is 15.7. The van der Waals surface area contributed by atoms with E-state index in [0.717, 1.165) is 19.4 Å². The number of aryl methyl sites for hydroxylation is 2. The molecule has 0 fully saturated rings. The fraction of sp³-hybridized carbons (Fsp3) is 0.529. The second kappa shape index (κ2) is 12.2. The smallest absolute Gasteiger partial charge is 0.239 e. The van der Waals surface area contributed by atoms with Gasteiger partial charge in [0.05, 0.1) is 6.54 Å². The summed E-state index contributed by atoms with van der Waals surface area (Å²) in [5.41, 5.74) is 3.87.